The molecule has 1 aliphatic carbocycles. The lowest BCUT2D eigenvalue weighted by atomic mass is 9.86. The van der Waals surface area contributed by atoms with E-state index in [2.05, 4.69) is 12.1 Å². The zero-order valence-corrected chi connectivity index (χ0v) is 11.9. The predicted octanol–water partition coefficient (Wildman–Crippen LogP) is 4.61. The third kappa shape index (κ3) is 2.25. The average Bonchev–Trinajstić information content (AvgIpc) is 2.68. The van der Waals surface area contributed by atoms with E-state index in [0.717, 1.165) is 36.8 Å². The van der Waals surface area contributed by atoms with Crippen LogP contribution in [0.1, 0.15) is 41.9 Å². The number of aromatic hydroxyl groups is 2. The van der Waals surface area contributed by atoms with E-state index in [1.54, 1.807) is 6.07 Å². The van der Waals surface area contributed by atoms with Gasteiger partial charge in [-0.05, 0) is 42.0 Å². The second-order valence-corrected chi connectivity index (χ2v) is 5.71. The normalized spacial score (nSPS) is 18.4. The quantitative estimate of drug-likeness (QED) is 0.594. The van der Waals surface area contributed by atoms with Crippen molar-refractivity contribution in [3.8, 4) is 11.5 Å². The first-order valence-electron chi connectivity index (χ1n) is 6.96. The molecule has 0 heterocycles. The highest BCUT2D eigenvalue weighted by molar-refractivity contribution is 6.33. The number of phenols is 2. The Kier molecular flexibility index (Phi) is 3.58. The molecule has 0 amide bonds. The molecule has 0 bridgehead atoms. The zero-order valence-electron chi connectivity index (χ0n) is 11.1. The third-order valence-electron chi connectivity index (χ3n) is 4.10. The summed E-state index contributed by atoms with van der Waals surface area (Å²) in [5, 5.41) is 20.0. The van der Waals surface area contributed by atoms with Gasteiger partial charge in [-0.1, -0.05) is 48.4 Å². The second-order valence-electron chi connectivity index (χ2n) is 5.34. The van der Waals surface area contributed by atoms with Crippen LogP contribution in [0.3, 0.4) is 0 Å². The molecule has 0 saturated heterocycles. The lowest BCUT2D eigenvalue weighted by Crippen LogP contribution is -2.03. The van der Waals surface area contributed by atoms with Crippen molar-refractivity contribution in [2.45, 2.75) is 31.6 Å². The van der Waals surface area contributed by atoms with Gasteiger partial charge in [-0.2, -0.15) is 0 Å². The number of rotatable bonds is 1. The average molecular weight is 289 g/mol. The highest BCUT2D eigenvalue weighted by Gasteiger charge is 2.25. The molecule has 3 heteroatoms. The van der Waals surface area contributed by atoms with Crippen molar-refractivity contribution in [3.05, 3.63) is 58.1 Å². The fourth-order valence-corrected chi connectivity index (χ4v) is 3.39. The number of hydrogen-bond acceptors (Lipinski definition) is 2. The molecule has 3 rings (SSSR count). The fourth-order valence-electron chi connectivity index (χ4n) is 3.09. The molecule has 0 aromatic heterocycles. The highest BCUT2D eigenvalue weighted by Crippen LogP contribution is 2.45. The Morgan fingerprint density at radius 2 is 1.80 bits per heavy atom. The monoisotopic (exact) mass is 288 g/mol. The number of phenolic OH excluding ortho intramolecular Hbond substituents is 2. The van der Waals surface area contributed by atoms with Crippen molar-refractivity contribution in [3.63, 3.8) is 0 Å². The summed E-state index contributed by atoms with van der Waals surface area (Å²) in [5.74, 6) is -0.0894. The zero-order chi connectivity index (χ0) is 14.1. The molecule has 0 aliphatic heterocycles. The van der Waals surface area contributed by atoms with Crippen molar-refractivity contribution in [2.24, 2.45) is 0 Å². The second kappa shape index (κ2) is 5.37. The number of fused-ring (bicyclic) bond motifs is 1. The van der Waals surface area contributed by atoms with E-state index in [4.69, 9.17) is 11.6 Å². The van der Waals surface area contributed by atoms with Crippen molar-refractivity contribution in [1.82, 2.24) is 0 Å². The van der Waals surface area contributed by atoms with Crippen LogP contribution >= 0.6 is 11.6 Å². The van der Waals surface area contributed by atoms with Gasteiger partial charge < -0.3 is 10.2 Å². The predicted molar refractivity (Wildman–Crippen MR) is 80.6 cm³/mol. The van der Waals surface area contributed by atoms with E-state index in [1.165, 1.54) is 5.56 Å². The molecule has 0 spiro atoms. The van der Waals surface area contributed by atoms with Crippen LogP contribution in [0.25, 0.3) is 0 Å². The third-order valence-corrected chi connectivity index (χ3v) is 4.51. The molecule has 1 atom stereocenters. The molecule has 2 nitrogen and oxygen atoms in total. The van der Waals surface area contributed by atoms with Gasteiger partial charge in [0.25, 0.3) is 0 Å². The Balaban J connectivity index is 2.17. The molecular formula is C17H17ClO2. The lowest BCUT2D eigenvalue weighted by molar-refractivity contribution is 0.402. The van der Waals surface area contributed by atoms with Gasteiger partial charge in [0.2, 0.25) is 0 Å². The number of halogens is 1. The maximum Gasteiger partial charge on any atom is 0.176 e. The van der Waals surface area contributed by atoms with Crippen LogP contribution in [0.15, 0.2) is 36.4 Å². The Labute approximate surface area is 123 Å². The topological polar surface area (TPSA) is 40.5 Å². The number of benzene rings is 2. The molecule has 104 valence electrons. The van der Waals surface area contributed by atoms with E-state index in [1.807, 2.05) is 18.2 Å². The highest BCUT2D eigenvalue weighted by atomic mass is 35.5. The van der Waals surface area contributed by atoms with Crippen LogP contribution < -0.4 is 0 Å². The number of hydrogen-bond donors (Lipinski definition) is 2. The van der Waals surface area contributed by atoms with Gasteiger partial charge in [-0.15, -0.1) is 0 Å². The first kappa shape index (κ1) is 13.3. The summed E-state index contributed by atoms with van der Waals surface area (Å²) in [5.41, 5.74) is 3.26. The Hall–Kier alpha value is -1.67. The maximum atomic E-state index is 9.88. The van der Waals surface area contributed by atoms with E-state index >= 15 is 0 Å². The Morgan fingerprint density at radius 3 is 2.55 bits per heavy atom. The first-order chi connectivity index (χ1) is 9.68. The van der Waals surface area contributed by atoms with Crippen LogP contribution in [-0.4, -0.2) is 10.2 Å². The fraction of sp³-hybridized carbons (Fsp3) is 0.294. The van der Waals surface area contributed by atoms with Gasteiger partial charge in [0.05, 0.1) is 5.02 Å². The lowest BCUT2D eigenvalue weighted by Gasteiger charge is -2.20. The summed E-state index contributed by atoms with van der Waals surface area (Å²) in [6.45, 7) is 0. The summed E-state index contributed by atoms with van der Waals surface area (Å²) in [4.78, 5) is 0. The molecular weight excluding hydrogens is 272 g/mol. The molecule has 1 aliphatic rings. The van der Waals surface area contributed by atoms with E-state index < -0.39 is 0 Å². The Bertz CT molecular complexity index is 623. The summed E-state index contributed by atoms with van der Waals surface area (Å²) in [6.07, 6.45) is 4.06. The van der Waals surface area contributed by atoms with Crippen LogP contribution in [0, 0.1) is 0 Å². The van der Waals surface area contributed by atoms with Crippen LogP contribution in [0.2, 0.25) is 5.02 Å². The van der Waals surface area contributed by atoms with Gasteiger partial charge in [0, 0.05) is 5.92 Å². The van der Waals surface area contributed by atoms with Crippen LogP contribution in [-0.2, 0) is 6.42 Å². The van der Waals surface area contributed by atoms with Crippen LogP contribution in [0.4, 0.5) is 0 Å². The Morgan fingerprint density at radius 1 is 1.05 bits per heavy atom. The summed E-state index contributed by atoms with van der Waals surface area (Å²) in [6, 6.07) is 12.0. The van der Waals surface area contributed by atoms with E-state index in [9.17, 15) is 10.2 Å². The SMILES string of the molecule is Oc1cc2c(c(Cl)c1O)CCCCC2c1ccccc1. The largest absolute Gasteiger partial charge is 0.504 e. The molecule has 20 heavy (non-hydrogen) atoms. The van der Waals surface area contributed by atoms with Gasteiger partial charge in [0.15, 0.2) is 11.5 Å². The van der Waals surface area contributed by atoms with Gasteiger partial charge in [-0.25, -0.2) is 0 Å². The summed E-state index contributed by atoms with van der Waals surface area (Å²) < 4.78 is 0. The van der Waals surface area contributed by atoms with Gasteiger partial charge in [0.1, 0.15) is 0 Å². The van der Waals surface area contributed by atoms with Gasteiger partial charge >= 0.3 is 0 Å². The molecule has 0 radical (unpaired) electrons. The molecule has 0 saturated carbocycles. The summed E-state index contributed by atoms with van der Waals surface area (Å²) >= 11 is 6.23. The molecule has 2 aromatic rings. The van der Waals surface area contributed by atoms with Crippen molar-refractivity contribution >= 4 is 11.6 Å². The molecule has 0 fully saturated rings. The minimum absolute atomic E-state index is 0.128. The summed E-state index contributed by atoms with van der Waals surface area (Å²) in [7, 11) is 0. The first-order valence-corrected chi connectivity index (χ1v) is 7.34. The van der Waals surface area contributed by atoms with Crippen LogP contribution in [0.5, 0.6) is 11.5 Å². The molecule has 1 unspecified atom stereocenters. The van der Waals surface area contributed by atoms with Gasteiger partial charge in [-0.3, -0.25) is 0 Å². The minimum Gasteiger partial charge on any atom is -0.504 e. The molecule has 2 aromatic carbocycles. The van der Waals surface area contributed by atoms with E-state index in [-0.39, 0.29) is 17.4 Å². The smallest absolute Gasteiger partial charge is 0.176 e. The standard InChI is InChI=1S/C17H17ClO2/c18-16-13-9-5-4-8-12(11-6-2-1-3-7-11)14(13)10-15(19)17(16)20/h1-3,6-7,10,12,19-20H,4-5,8-9H2. The molecule has 2 N–H and O–H groups in total. The van der Waals surface area contributed by atoms with Crippen molar-refractivity contribution in [1.29, 1.82) is 0 Å². The van der Waals surface area contributed by atoms with Crippen molar-refractivity contribution < 1.29 is 10.2 Å². The van der Waals surface area contributed by atoms with E-state index in [0.29, 0.717) is 5.02 Å². The minimum atomic E-state index is -0.195. The van der Waals surface area contributed by atoms with Crippen molar-refractivity contribution in [2.75, 3.05) is 0 Å². The maximum absolute atomic E-state index is 9.88.